The van der Waals surface area contributed by atoms with Crippen LogP contribution < -0.4 is 9.62 Å². The van der Waals surface area contributed by atoms with Gasteiger partial charge in [-0.1, -0.05) is 41.1 Å². The Hall–Kier alpha value is -2.14. The summed E-state index contributed by atoms with van der Waals surface area (Å²) in [5, 5.41) is 12.1. The van der Waals surface area contributed by atoms with E-state index in [0.29, 0.717) is 15.7 Å². The van der Waals surface area contributed by atoms with E-state index >= 15 is 0 Å². The van der Waals surface area contributed by atoms with Crippen molar-refractivity contribution in [3.8, 4) is 10.6 Å². The summed E-state index contributed by atoms with van der Waals surface area (Å²) in [6, 6.07) is 14.1. The zero-order valence-electron chi connectivity index (χ0n) is 15.5. The molecule has 0 fully saturated rings. The number of amides is 1. The summed E-state index contributed by atoms with van der Waals surface area (Å²) in [5.41, 5.74) is 1.24. The lowest BCUT2D eigenvalue weighted by molar-refractivity contribution is -0.114. The minimum absolute atomic E-state index is 0.284. The molecule has 152 valence electrons. The lowest BCUT2D eigenvalue weighted by Crippen LogP contribution is -2.37. The number of nitrogens with zero attached hydrogens (tertiary/aromatic N) is 3. The molecule has 0 bridgehead atoms. The maximum Gasteiger partial charge on any atom is 0.246 e. The summed E-state index contributed by atoms with van der Waals surface area (Å²) >= 11 is 8.56. The minimum Gasteiger partial charge on any atom is -0.299 e. The van der Waals surface area contributed by atoms with Gasteiger partial charge in [-0.2, -0.15) is 0 Å². The Labute approximate surface area is 182 Å². The van der Waals surface area contributed by atoms with Crippen molar-refractivity contribution in [3.05, 3.63) is 53.6 Å². The first kappa shape index (κ1) is 21.6. The van der Waals surface area contributed by atoms with Gasteiger partial charge in [-0.3, -0.25) is 14.4 Å². The summed E-state index contributed by atoms with van der Waals surface area (Å²) in [5.74, 6) is -0.510. The predicted octanol–water partition coefficient (Wildman–Crippen LogP) is 3.99. The summed E-state index contributed by atoms with van der Waals surface area (Å²) in [6.45, 7) is -0.369. The van der Waals surface area contributed by atoms with E-state index in [1.165, 1.54) is 23.1 Å². The number of hydrogen-bond acceptors (Lipinski definition) is 7. The predicted molar refractivity (Wildman–Crippen MR) is 119 cm³/mol. The summed E-state index contributed by atoms with van der Waals surface area (Å²) < 4.78 is 25.5. The lowest BCUT2D eigenvalue weighted by atomic mass is 10.2. The molecule has 7 nitrogen and oxygen atoms in total. The van der Waals surface area contributed by atoms with Crippen molar-refractivity contribution in [1.82, 2.24) is 10.2 Å². The Morgan fingerprint density at radius 2 is 1.93 bits per heavy atom. The molecular formula is C18H17ClN4O3S3. The molecule has 0 aliphatic carbocycles. The quantitative estimate of drug-likeness (QED) is 0.527. The second-order valence-corrected chi connectivity index (χ2v) is 10.1. The van der Waals surface area contributed by atoms with Crippen LogP contribution in [0.15, 0.2) is 53.4 Å². The number of anilines is 2. The van der Waals surface area contributed by atoms with Gasteiger partial charge in [-0.25, -0.2) is 8.42 Å². The molecule has 3 rings (SSSR count). The van der Waals surface area contributed by atoms with Gasteiger partial charge in [0.1, 0.15) is 11.6 Å². The van der Waals surface area contributed by atoms with Crippen LogP contribution in [-0.2, 0) is 14.8 Å². The molecule has 0 saturated carbocycles. The van der Waals surface area contributed by atoms with Crippen molar-refractivity contribution in [1.29, 1.82) is 0 Å². The number of aromatic nitrogens is 2. The largest absolute Gasteiger partial charge is 0.299 e. The van der Waals surface area contributed by atoms with E-state index in [9.17, 15) is 13.2 Å². The van der Waals surface area contributed by atoms with E-state index < -0.39 is 15.9 Å². The van der Waals surface area contributed by atoms with Crippen LogP contribution in [-0.4, -0.2) is 43.6 Å². The molecular weight excluding hydrogens is 452 g/mol. The Balaban J connectivity index is 1.75. The van der Waals surface area contributed by atoms with Crippen LogP contribution in [0.5, 0.6) is 0 Å². The molecule has 0 saturated heterocycles. The number of thioether (sulfide) groups is 1. The second-order valence-electron chi connectivity index (χ2n) is 5.94. The van der Waals surface area contributed by atoms with Crippen molar-refractivity contribution in [3.63, 3.8) is 0 Å². The molecule has 3 aromatic rings. The van der Waals surface area contributed by atoms with E-state index in [4.69, 9.17) is 11.6 Å². The van der Waals surface area contributed by atoms with Crippen LogP contribution in [0, 0.1) is 0 Å². The lowest BCUT2D eigenvalue weighted by Gasteiger charge is -2.22. The van der Waals surface area contributed by atoms with Crippen LogP contribution in [0.25, 0.3) is 10.6 Å². The molecule has 0 radical (unpaired) electrons. The fourth-order valence-corrected chi connectivity index (χ4v) is 4.63. The van der Waals surface area contributed by atoms with Crippen LogP contribution in [0.3, 0.4) is 0 Å². The molecule has 0 atom stereocenters. The first-order valence-corrected chi connectivity index (χ1v) is 12.5. The maximum absolute atomic E-state index is 12.5. The van der Waals surface area contributed by atoms with E-state index in [1.54, 1.807) is 42.5 Å². The molecule has 1 heterocycles. The number of carbonyl (C=O) groups is 1. The normalized spacial score (nSPS) is 11.3. The highest BCUT2D eigenvalue weighted by molar-refractivity contribution is 7.98. The average molecular weight is 469 g/mol. The smallest absolute Gasteiger partial charge is 0.246 e. The minimum atomic E-state index is -3.65. The number of rotatable bonds is 7. The third-order valence-corrected chi connectivity index (χ3v) is 6.80. The maximum atomic E-state index is 12.5. The van der Waals surface area contributed by atoms with Crippen LogP contribution >= 0.6 is 34.7 Å². The average Bonchev–Trinajstić information content (AvgIpc) is 3.14. The van der Waals surface area contributed by atoms with Gasteiger partial charge in [0, 0.05) is 15.5 Å². The van der Waals surface area contributed by atoms with Gasteiger partial charge in [-0.15, -0.1) is 22.0 Å². The Bertz CT molecular complexity index is 1120. The van der Waals surface area contributed by atoms with Crippen LogP contribution in [0.1, 0.15) is 0 Å². The monoisotopic (exact) mass is 468 g/mol. The van der Waals surface area contributed by atoms with Gasteiger partial charge < -0.3 is 0 Å². The number of hydrogen-bond donors (Lipinski definition) is 1. The molecule has 0 unspecified atom stereocenters. The Morgan fingerprint density at radius 3 is 2.59 bits per heavy atom. The third-order valence-electron chi connectivity index (χ3n) is 3.79. The number of sulfonamides is 1. The molecule has 2 aromatic carbocycles. The number of benzene rings is 2. The molecule has 1 aromatic heterocycles. The molecule has 0 aliphatic heterocycles. The van der Waals surface area contributed by atoms with Gasteiger partial charge in [0.25, 0.3) is 0 Å². The molecule has 29 heavy (non-hydrogen) atoms. The molecule has 1 N–H and O–H groups in total. The van der Waals surface area contributed by atoms with Crippen molar-refractivity contribution < 1.29 is 13.2 Å². The fourth-order valence-electron chi connectivity index (χ4n) is 2.44. The van der Waals surface area contributed by atoms with E-state index in [2.05, 4.69) is 15.5 Å². The van der Waals surface area contributed by atoms with Gasteiger partial charge in [0.05, 0.1) is 11.9 Å². The highest BCUT2D eigenvalue weighted by atomic mass is 35.5. The van der Waals surface area contributed by atoms with Crippen molar-refractivity contribution in [2.75, 3.05) is 28.7 Å². The topological polar surface area (TPSA) is 92.3 Å². The standard InChI is InChI=1S/C18H17ClN4O3S3/c1-27-15-5-3-4-14(10-15)23(29(2,25)26)11-16(24)20-18-22-21-17(28-18)12-6-8-13(19)9-7-12/h3-10H,11H2,1-2H3,(H,20,22,24). The van der Waals surface area contributed by atoms with Gasteiger partial charge in [-0.05, 0) is 36.6 Å². The first-order chi connectivity index (χ1) is 13.8. The van der Waals surface area contributed by atoms with E-state index in [1.807, 2.05) is 12.3 Å². The van der Waals surface area contributed by atoms with Crippen molar-refractivity contribution in [2.45, 2.75) is 4.90 Å². The SMILES string of the molecule is CSc1cccc(N(CC(=O)Nc2nnc(-c3ccc(Cl)cc3)s2)S(C)(=O)=O)c1. The summed E-state index contributed by atoms with van der Waals surface area (Å²) in [4.78, 5) is 13.4. The molecule has 11 heteroatoms. The number of carbonyl (C=O) groups excluding carboxylic acids is 1. The first-order valence-electron chi connectivity index (χ1n) is 8.27. The van der Waals surface area contributed by atoms with E-state index in [0.717, 1.165) is 21.0 Å². The van der Waals surface area contributed by atoms with Gasteiger partial charge in [0.15, 0.2) is 0 Å². The zero-order valence-corrected chi connectivity index (χ0v) is 18.7. The highest BCUT2D eigenvalue weighted by Crippen LogP contribution is 2.28. The van der Waals surface area contributed by atoms with Crippen molar-refractivity contribution >= 4 is 61.4 Å². The third kappa shape index (κ3) is 5.69. The van der Waals surface area contributed by atoms with Gasteiger partial charge >= 0.3 is 0 Å². The molecule has 0 spiro atoms. The number of halogens is 1. The molecule has 0 aliphatic rings. The van der Waals surface area contributed by atoms with Crippen molar-refractivity contribution in [2.24, 2.45) is 0 Å². The number of nitrogens with one attached hydrogen (secondary N) is 1. The fraction of sp³-hybridized carbons (Fsp3) is 0.167. The van der Waals surface area contributed by atoms with Crippen LogP contribution in [0.2, 0.25) is 5.02 Å². The zero-order chi connectivity index (χ0) is 21.0. The van der Waals surface area contributed by atoms with Crippen LogP contribution in [0.4, 0.5) is 10.8 Å². The summed E-state index contributed by atoms with van der Waals surface area (Å²) in [7, 11) is -3.65. The Morgan fingerprint density at radius 1 is 1.21 bits per heavy atom. The highest BCUT2D eigenvalue weighted by Gasteiger charge is 2.22. The molecule has 1 amide bonds. The second kappa shape index (κ2) is 9.12. The summed E-state index contributed by atoms with van der Waals surface area (Å²) in [6.07, 6.45) is 2.96. The van der Waals surface area contributed by atoms with Gasteiger partial charge in [0.2, 0.25) is 21.1 Å². The Kier molecular flexibility index (Phi) is 6.78. The van der Waals surface area contributed by atoms with E-state index in [-0.39, 0.29) is 11.7 Å².